The molecule has 0 amide bonds. The lowest BCUT2D eigenvalue weighted by Crippen LogP contribution is -2.04. The summed E-state index contributed by atoms with van der Waals surface area (Å²) >= 11 is 0. The van der Waals surface area contributed by atoms with Crippen molar-refractivity contribution in [2.45, 2.75) is 40.2 Å². The fourth-order valence-electron chi connectivity index (χ4n) is 2.37. The smallest absolute Gasteiger partial charge is 0.223 e. The third kappa shape index (κ3) is 2.99. The molecule has 1 aromatic heterocycles. The summed E-state index contributed by atoms with van der Waals surface area (Å²) in [6.45, 7) is 8.94. The Labute approximate surface area is 120 Å². The zero-order valence-electron chi connectivity index (χ0n) is 12.6. The molecule has 0 unspecified atom stereocenters. The Kier molecular flexibility index (Phi) is 4.40. The monoisotopic (exact) mass is 270 g/mol. The second-order valence-electron chi connectivity index (χ2n) is 5.39. The Morgan fingerprint density at radius 1 is 1.15 bits per heavy atom. The van der Waals surface area contributed by atoms with E-state index in [4.69, 9.17) is 10.5 Å². The number of aromatic nitrogens is 1. The molecule has 0 aliphatic heterocycles. The van der Waals surface area contributed by atoms with E-state index in [0.29, 0.717) is 18.3 Å². The Bertz CT molecular complexity index is 606. The van der Waals surface area contributed by atoms with Crippen molar-refractivity contribution in [2.75, 3.05) is 0 Å². The minimum atomic E-state index is 0.429. The third-order valence-electron chi connectivity index (χ3n) is 3.53. The van der Waals surface area contributed by atoms with Crippen LogP contribution < -0.4 is 10.5 Å². The first kappa shape index (κ1) is 14.5. The Morgan fingerprint density at radius 2 is 1.90 bits per heavy atom. The minimum absolute atomic E-state index is 0.429. The molecule has 0 aliphatic rings. The summed E-state index contributed by atoms with van der Waals surface area (Å²) in [4.78, 5) is 4.29. The van der Waals surface area contributed by atoms with Crippen LogP contribution in [0.25, 0.3) is 0 Å². The molecule has 20 heavy (non-hydrogen) atoms. The normalized spacial score (nSPS) is 10.9. The largest absolute Gasteiger partial charge is 0.439 e. The van der Waals surface area contributed by atoms with E-state index in [1.54, 1.807) is 6.20 Å². The van der Waals surface area contributed by atoms with Crippen LogP contribution in [0.1, 0.15) is 42.0 Å². The van der Waals surface area contributed by atoms with Crippen molar-refractivity contribution >= 4 is 0 Å². The lowest BCUT2D eigenvalue weighted by Gasteiger charge is -2.14. The van der Waals surface area contributed by atoms with Gasteiger partial charge in [0.2, 0.25) is 5.88 Å². The molecular weight excluding hydrogens is 248 g/mol. The molecule has 0 spiro atoms. The van der Waals surface area contributed by atoms with E-state index in [1.807, 2.05) is 19.1 Å². The number of aryl methyl sites for hydroxylation is 2. The highest BCUT2D eigenvalue weighted by molar-refractivity contribution is 5.40. The molecule has 106 valence electrons. The van der Waals surface area contributed by atoms with E-state index < -0.39 is 0 Å². The number of benzene rings is 1. The predicted octanol–water partition coefficient (Wildman–Crippen LogP) is 4.07. The molecule has 1 heterocycles. The lowest BCUT2D eigenvalue weighted by molar-refractivity contribution is 0.455. The molecule has 0 aliphatic carbocycles. The van der Waals surface area contributed by atoms with Crippen LogP contribution in [0.2, 0.25) is 0 Å². The van der Waals surface area contributed by atoms with Gasteiger partial charge in [-0.15, -0.1) is 0 Å². The molecule has 1 aromatic carbocycles. The van der Waals surface area contributed by atoms with Crippen LogP contribution in [-0.4, -0.2) is 4.98 Å². The number of hydrogen-bond acceptors (Lipinski definition) is 3. The third-order valence-corrected chi connectivity index (χ3v) is 3.53. The maximum absolute atomic E-state index is 5.91. The fourth-order valence-corrected chi connectivity index (χ4v) is 2.37. The lowest BCUT2D eigenvalue weighted by atomic mass is 9.98. The van der Waals surface area contributed by atoms with E-state index in [9.17, 15) is 0 Å². The van der Waals surface area contributed by atoms with Crippen molar-refractivity contribution in [1.82, 2.24) is 4.98 Å². The topological polar surface area (TPSA) is 48.1 Å². The molecule has 2 N–H and O–H groups in total. The molecule has 0 atom stereocenters. The van der Waals surface area contributed by atoms with Crippen LogP contribution in [0, 0.1) is 13.8 Å². The predicted molar refractivity (Wildman–Crippen MR) is 82.2 cm³/mol. The first-order valence-electron chi connectivity index (χ1n) is 6.96. The number of hydrogen-bond donors (Lipinski definition) is 1. The molecular formula is C17H22N2O. The van der Waals surface area contributed by atoms with Crippen LogP contribution in [0.3, 0.4) is 0 Å². The maximum Gasteiger partial charge on any atom is 0.223 e. The minimum Gasteiger partial charge on any atom is -0.439 e. The summed E-state index contributed by atoms with van der Waals surface area (Å²) in [5.74, 6) is 1.92. The SMILES string of the molecule is Cc1cc(Oc2nccc(C)c2CN)ccc1C(C)C. The van der Waals surface area contributed by atoms with Crippen LogP contribution in [0.15, 0.2) is 30.5 Å². The highest BCUT2D eigenvalue weighted by Crippen LogP contribution is 2.28. The highest BCUT2D eigenvalue weighted by Gasteiger charge is 2.10. The molecule has 3 heteroatoms. The van der Waals surface area contributed by atoms with Gasteiger partial charge < -0.3 is 10.5 Å². The number of nitrogens with zero attached hydrogens (tertiary/aromatic N) is 1. The van der Waals surface area contributed by atoms with Crippen LogP contribution >= 0.6 is 0 Å². The Balaban J connectivity index is 2.31. The molecule has 0 fully saturated rings. The van der Waals surface area contributed by atoms with Gasteiger partial charge in [-0.3, -0.25) is 0 Å². The zero-order chi connectivity index (χ0) is 14.7. The van der Waals surface area contributed by atoms with Gasteiger partial charge in [-0.2, -0.15) is 0 Å². The number of pyridine rings is 1. The first-order valence-corrected chi connectivity index (χ1v) is 6.96. The molecule has 2 rings (SSSR count). The van der Waals surface area contributed by atoms with Crippen molar-refractivity contribution < 1.29 is 4.74 Å². The Morgan fingerprint density at radius 3 is 2.50 bits per heavy atom. The summed E-state index contributed by atoms with van der Waals surface area (Å²) in [6, 6.07) is 8.11. The highest BCUT2D eigenvalue weighted by atomic mass is 16.5. The quantitative estimate of drug-likeness (QED) is 0.911. The van der Waals surface area contributed by atoms with Gasteiger partial charge in [0.15, 0.2) is 0 Å². The molecule has 0 bridgehead atoms. The summed E-state index contributed by atoms with van der Waals surface area (Å²) < 4.78 is 5.91. The number of ether oxygens (including phenoxy) is 1. The van der Waals surface area contributed by atoms with E-state index >= 15 is 0 Å². The standard InChI is InChI=1S/C17H22N2O/c1-11(2)15-6-5-14(9-13(15)4)20-17-16(10-18)12(3)7-8-19-17/h5-9,11H,10,18H2,1-4H3. The van der Waals surface area contributed by atoms with Gasteiger partial charge in [0.05, 0.1) is 0 Å². The summed E-state index contributed by atoms with van der Waals surface area (Å²) in [5, 5.41) is 0. The zero-order valence-corrected chi connectivity index (χ0v) is 12.6. The van der Waals surface area contributed by atoms with Crippen molar-refractivity contribution in [3.8, 4) is 11.6 Å². The van der Waals surface area contributed by atoms with Crippen molar-refractivity contribution in [3.05, 3.63) is 52.7 Å². The van der Waals surface area contributed by atoms with Gasteiger partial charge >= 0.3 is 0 Å². The van der Waals surface area contributed by atoms with Crippen molar-refractivity contribution in [3.63, 3.8) is 0 Å². The molecule has 0 saturated carbocycles. The van der Waals surface area contributed by atoms with Gasteiger partial charge in [0.25, 0.3) is 0 Å². The average Bonchev–Trinajstić information content (AvgIpc) is 2.38. The summed E-state index contributed by atoms with van der Waals surface area (Å²) in [7, 11) is 0. The Hall–Kier alpha value is -1.87. The second kappa shape index (κ2) is 6.06. The maximum atomic E-state index is 5.91. The second-order valence-corrected chi connectivity index (χ2v) is 5.39. The average molecular weight is 270 g/mol. The van der Waals surface area contributed by atoms with Crippen LogP contribution in [0.4, 0.5) is 0 Å². The molecule has 2 aromatic rings. The van der Waals surface area contributed by atoms with E-state index in [0.717, 1.165) is 16.9 Å². The molecule has 3 nitrogen and oxygen atoms in total. The van der Waals surface area contributed by atoms with E-state index in [2.05, 4.69) is 37.9 Å². The van der Waals surface area contributed by atoms with Crippen molar-refractivity contribution in [1.29, 1.82) is 0 Å². The van der Waals surface area contributed by atoms with E-state index in [1.165, 1.54) is 11.1 Å². The summed E-state index contributed by atoms with van der Waals surface area (Å²) in [6.07, 6.45) is 1.75. The number of rotatable bonds is 4. The van der Waals surface area contributed by atoms with Crippen LogP contribution in [-0.2, 0) is 6.54 Å². The van der Waals surface area contributed by atoms with Gasteiger partial charge in [0, 0.05) is 18.3 Å². The van der Waals surface area contributed by atoms with E-state index in [-0.39, 0.29) is 0 Å². The van der Waals surface area contributed by atoms with Crippen LogP contribution in [0.5, 0.6) is 11.6 Å². The van der Waals surface area contributed by atoms with Gasteiger partial charge in [-0.25, -0.2) is 4.98 Å². The molecule has 0 saturated heterocycles. The van der Waals surface area contributed by atoms with Gasteiger partial charge in [-0.05, 0) is 54.7 Å². The fraction of sp³-hybridized carbons (Fsp3) is 0.353. The van der Waals surface area contributed by atoms with Gasteiger partial charge in [-0.1, -0.05) is 19.9 Å². The van der Waals surface area contributed by atoms with Crippen molar-refractivity contribution in [2.24, 2.45) is 5.73 Å². The summed E-state index contributed by atoms with van der Waals surface area (Å²) in [5.41, 5.74) is 10.4. The molecule has 0 radical (unpaired) electrons. The first-order chi connectivity index (χ1) is 9.52. The number of nitrogens with two attached hydrogens (primary N) is 1. The van der Waals surface area contributed by atoms with Gasteiger partial charge in [0.1, 0.15) is 5.75 Å².